The van der Waals surface area contributed by atoms with Crippen molar-refractivity contribution in [3.05, 3.63) is 124 Å². The molecule has 0 saturated carbocycles. The summed E-state index contributed by atoms with van der Waals surface area (Å²) < 4.78 is 2.37. The molecule has 0 saturated heterocycles. The van der Waals surface area contributed by atoms with Crippen LogP contribution in [-0.4, -0.2) is 9.49 Å². The number of nitro groups is 1. The summed E-state index contributed by atoms with van der Waals surface area (Å²) in [6, 6.07) is 33.7. The topological polar surface area (TPSA) is 48.1 Å². The number of aromatic nitrogens is 1. The molecule has 4 nitrogen and oxygen atoms in total. The van der Waals surface area contributed by atoms with Gasteiger partial charge in [-0.05, 0) is 74.9 Å². The fourth-order valence-corrected chi connectivity index (χ4v) is 7.04. The van der Waals surface area contributed by atoms with Gasteiger partial charge in [0.05, 0.1) is 21.5 Å². The molecule has 0 aliphatic heterocycles. The summed E-state index contributed by atoms with van der Waals surface area (Å²) in [5, 5.41) is 17.3. The van der Waals surface area contributed by atoms with Gasteiger partial charge in [-0.2, -0.15) is 0 Å². The zero-order valence-corrected chi connectivity index (χ0v) is 24.1. The molecule has 1 aromatic heterocycles. The predicted molar refractivity (Wildman–Crippen MR) is 170 cm³/mol. The van der Waals surface area contributed by atoms with Crippen molar-refractivity contribution >= 4 is 38.3 Å². The Balaban J connectivity index is 1.62. The van der Waals surface area contributed by atoms with Gasteiger partial charge in [0.15, 0.2) is 0 Å². The average Bonchev–Trinajstić information content (AvgIpc) is 3.29. The van der Waals surface area contributed by atoms with Crippen LogP contribution in [-0.2, 0) is 17.4 Å². The Bertz CT molecular complexity index is 2000. The number of hydrogen-bond acceptors (Lipinski definition) is 2. The van der Waals surface area contributed by atoms with Crippen molar-refractivity contribution in [2.45, 2.75) is 57.9 Å². The molecular formula is C37H34N2O2. The maximum atomic E-state index is 12.7. The minimum Gasteiger partial charge on any atom is -0.336 e. The molecule has 0 atom stereocenters. The third-order valence-corrected chi connectivity index (χ3v) is 9.42. The fourth-order valence-electron chi connectivity index (χ4n) is 7.04. The lowest BCUT2D eigenvalue weighted by atomic mass is 9.62. The van der Waals surface area contributed by atoms with Gasteiger partial charge in [-0.25, -0.2) is 0 Å². The van der Waals surface area contributed by atoms with E-state index in [-0.39, 0.29) is 21.4 Å². The van der Waals surface area contributed by atoms with Crippen LogP contribution in [0.4, 0.5) is 5.69 Å². The van der Waals surface area contributed by atoms with E-state index in [9.17, 15) is 10.1 Å². The summed E-state index contributed by atoms with van der Waals surface area (Å²) >= 11 is 0. The number of benzene rings is 5. The number of rotatable bonds is 4. The zero-order chi connectivity index (χ0) is 28.5. The standard InChI is InChI=1S/C37H34N2O2/c1-36(2)19-20-37(3,4)30-22-33(39(40)41)28(21-29(30)36)27-15-10-16-31-35(27)34-26-14-9-8-13-25(26)17-18-32(34)38(31)23-24-11-6-5-7-12-24/h5-18,21-22H,19-20,23H2,1-4H3. The number of nitro benzene ring substituents is 1. The molecule has 4 heteroatoms. The molecule has 0 N–H and O–H groups in total. The molecular weight excluding hydrogens is 504 g/mol. The van der Waals surface area contributed by atoms with E-state index in [4.69, 9.17) is 0 Å². The Kier molecular flexibility index (Phi) is 5.62. The molecule has 0 bridgehead atoms. The molecule has 0 fully saturated rings. The molecule has 5 aromatic carbocycles. The quantitative estimate of drug-likeness (QED) is 0.166. The van der Waals surface area contributed by atoms with Crippen molar-refractivity contribution in [1.29, 1.82) is 0 Å². The summed E-state index contributed by atoms with van der Waals surface area (Å²) in [5.41, 5.74) is 7.42. The second kappa shape index (κ2) is 9.04. The number of hydrogen-bond donors (Lipinski definition) is 0. The SMILES string of the molecule is CC1(C)CCC(C)(C)c2cc([N+](=O)[O-])c(-c3cccc4c3c3c5ccccc5ccc3n4Cc3ccccc3)cc21. The van der Waals surface area contributed by atoms with Crippen LogP contribution in [0.5, 0.6) is 0 Å². The molecule has 0 radical (unpaired) electrons. The van der Waals surface area contributed by atoms with Crippen LogP contribution in [0.2, 0.25) is 0 Å². The van der Waals surface area contributed by atoms with Crippen molar-refractivity contribution in [1.82, 2.24) is 4.57 Å². The normalized spacial score (nSPS) is 15.8. The van der Waals surface area contributed by atoms with Gasteiger partial charge in [0.1, 0.15) is 0 Å². The fraction of sp³-hybridized carbons (Fsp3) is 0.243. The first-order valence-electron chi connectivity index (χ1n) is 14.5. The van der Waals surface area contributed by atoms with Crippen molar-refractivity contribution in [3.8, 4) is 11.1 Å². The second-order valence-electron chi connectivity index (χ2n) is 12.9. The molecule has 1 aliphatic rings. The third kappa shape index (κ3) is 3.96. The van der Waals surface area contributed by atoms with Crippen LogP contribution in [0.3, 0.4) is 0 Å². The predicted octanol–water partition coefficient (Wildman–Crippen LogP) is 9.92. The summed E-state index contributed by atoms with van der Waals surface area (Å²) in [7, 11) is 0. The lowest BCUT2D eigenvalue weighted by molar-refractivity contribution is -0.384. The van der Waals surface area contributed by atoms with Gasteiger partial charge >= 0.3 is 0 Å². The van der Waals surface area contributed by atoms with Crippen LogP contribution in [0.1, 0.15) is 57.2 Å². The van der Waals surface area contributed by atoms with E-state index in [1.807, 2.05) is 12.1 Å². The summed E-state index contributed by atoms with van der Waals surface area (Å²) in [6.45, 7) is 9.70. The van der Waals surface area contributed by atoms with Crippen LogP contribution in [0.15, 0.2) is 97.1 Å². The molecule has 1 aliphatic carbocycles. The summed E-state index contributed by atoms with van der Waals surface area (Å²) in [5.74, 6) is 0. The van der Waals surface area contributed by atoms with E-state index in [0.29, 0.717) is 5.56 Å². The Morgan fingerprint density at radius 2 is 1.37 bits per heavy atom. The monoisotopic (exact) mass is 538 g/mol. The highest BCUT2D eigenvalue weighted by atomic mass is 16.6. The number of nitrogens with zero attached hydrogens (tertiary/aromatic N) is 2. The lowest BCUT2D eigenvalue weighted by Gasteiger charge is -2.41. The van der Waals surface area contributed by atoms with E-state index in [1.165, 1.54) is 11.1 Å². The minimum atomic E-state index is -0.187. The second-order valence-corrected chi connectivity index (χ2v) is 12.9. The van der Waals surface area contributed by atoms with Gasteiger partial charge < -0.3 is 4.57 Å². The molecule has 7 rings (SSSR count). The first-order valence-corrected chi connectivity index (χ1v) is 14.5. The van der Waals surface area contributed by atoms with Gasteiger partial charge in [-0.3, -0.25) is 10.1 Å². The highest BCUT2D eigenvalue weighted by Gasteiger charge is 2.39. The average molecular weight is 539 g/mol. The largest absolute Gasteiger partial charge is 0.336 e. The first kappa shape index (κ1) is 25.5. The van der Waals surface area contributed by atoms with Gasteiger partial charge in [0.2, 0.25) is 0 Å². The van der Waals surface area contributed by atoms with E-state index < -0.39 is 0 Å². The van der Waals surface area contributed by atoms with Crippen molar-refractivity contribution in [2.75, 3.05) is 0 Å². The van der Waals surface area contributed by atoms with Crippen molar-refractivity contribution < 1.29 is 4.92 Å². The summed E-state index contributed by atoms with van der Waals surface area (Å²) in [6.07, 6.45) is 2.06. The van der Waals surface area contributed by atoms with Crippen LogP contribution in [0.25, 0.3) is 43.7 Å². The summed E-state index contributed by atoms with van der Waals surface area (Å²) in [4.78, 5) is 12.5. The van der Waals surface area contributed by atoms with Crippen LogP contribution < -0.4 is 0 Å². The van der Waals surface area contributed by atoms with E-state index in [0.717, 1.165) is 63.1 Å². The van der Waals surface area contributed by atoms with Gasteiger partial charge in [0.25, 0.3) is 5.69 Å². The van der Waals surface area contributed by atoms with Crippen molar-refractivity contribution in [2.24, 2.45) is 0 Å². The Morgan fingerprint density at radius 3 is 2.10 bits per heavy atom. The Morgan fingerprint density at radius 1 is 0.707 bits per heavy atom. The van der Waals surface area contributed by atoms with Gasteiger partial charge in [-0.1, -0.05) is 100 Å². The first-order chi connectivity index (χ1) is 19.7. The zero-order valence-electron chi connectivity index (χ0n) is 24.1. The van der Waals surface area contributed by atoms with E-state index >= 15 is 0 Å². The minimum absolute atomic E-state index is 0.0589. The maximum absolute atomic E-state index is 12.7. The molecule has 0 amide bonds. The van der Waals surface area contributed by atoms with Crippen LogP contribution in [0, 0.1) is 10.1 Å². The lowest BCUT2D eigenvalue weighted by Crippen LogP contribution is -2.34. The molecule has 0 unspecified atom stereocenters. The molecule has 6 aromatic rings. The molecule has 204 valence electrons. The highest BCUT2D eigenvalue weighted by molar-refractivity contribution is 6.24. The molecule has 0 spiro atoms. The maximum Gasteiger partial charge on any atom is 0.277 e. The number of fused-ring (bicyclic) bond motifs is 6. The van der Waals surface area contributed by atoms with Crippen molar-refractivity contribution in [3.63, 3.8) is 0 Å². The molecule has 1 heterocycles. The molecule has 41 heavy (non-hydrogen) atoms. The Hall–Kier alpha value is -4.44. The Labute approximate surface area is 240 Å². The van der Waals surface area contributed by atoms with E-state index in [1.54, 1.807) is 0 Å². The van der Waals surface area contributed by atoms with Crippen LogP contribution >= 0.6 is 0 Å². The van der Waals surface area contributed by atoms with E-state index in [2.05, 4.69) is 117 Å². The smallest absolute Gasteiger partial charge is 0.277 e. The third-order valence-electron chi connectivity index (χ3n) is 9.42. The van der Waals surface area contributed by atoms with Gasteiger partial charge in [0, 0.05) is 23.4 Å². The highest BCUT2D eigenvalue weighted by Crippen LogP contribution is 2.50. The van der Waals surface area contributed by atoms with Gasteiger partial charge in [-0.15, -0.1) is 0 Å².